The molecule has 0 aliphatic heterocycles. The molecule has 18 heavy (non-hydrogen) atoms. The first kappa shape index (κ1) is 12.3. The highest BCUT2D eigenvalue weighted by molar-refractivity contribution is 5.68. The Balaban J connectivity index is 2.03. The van der Waals surface area contributed by atoms with Crippen LogP contribution >= 0.6 is 0 Å². The molecule has 1 heterocycles. The van der Waals surface area contributed by atoms with Crippen LogP contribution in [-0.4, -0.2) is 18.2 Å². The fourth-order valence-electron chi connectivity index (χ4n) is 1.65. The number of pyridine rings is 1. The van der Waals surface area contributed by atoms with Crippen LogP contribution in [0.25, 0.3) is 0 Å². The number of hydrogen-bond donors (Lipinski definition) is 0. The van der Waals surface area contributed by atoms with E-state index in [1.165, 1.54) is 5.56 Å². The summed E-state index contributed by atoms with van der Waals surface area (Å²) in [6.45, 7) is 2.13. The van der Waals surface area contributed by atoms with Crippen molar-refractivity contribution in [1.82, 2.24) is 4.98 Å². The van der Waals surface area contributed by atoms with E-state index in [-0.39, 0.29) is 5.92 Å². The summed E-state index contributed by atoms with van der Waals surface area (Å²) in [5.41, 5.74) is 1.26. The van der Waals surface area contributed by atoms with E-state index in [1.54, 1.807) is 11.2 Å². The van der Waals surface area contributed by atoms with Gasteiger partial charge in [-0.05, 0) is 17.7 Å². The summed E-state index contributed by atoms with van der Waals surface area (Å²) >= 11 is 0. The second-order valence-electron chi connectivity index (χ2n) is 4.18. The molecule has 92 valence electrons. The summed E-state index contributed by atoms with van der Waals surface area (Å²) in [5, 5.41) is 6.19. The third-order valence-corrected chi connectivity index (χ3v) is 2.77. The van der Waals surface area contributed by atoms with Crippen LogP contribution in [0.2, 0.25) is 0 Å². The van der Waals surface area contributed by atoms with E-state index >= 15 is 0 Å². The summed E-state index contributed by atoms with van der Waals surface area (Å²) in [6, 6.07) is 16.1. The summed E-state index contributed by atoms with van der Waals surface area (Å²) < 4.78 is 0. The predicted molar refractivity (Wildman–Crippen MR) is 76.0 cm³/mol. The maximum atomic E-state index is 4.42. The average molecular weight is 239 g/mol. The molecule has 0 saturated heterocycles. The molecule has 0 aliphatic carbocycles. The molecule has 3 nitrogen and oxygen atoms in total. The topological polar surface area (TPSA) is 28.5 Å². The van der Waals surface area contributed by atoms with Crippen molar-refractivity contribution in [2.45, 2.75) is 12.8 Å². The van der Waals surface area contributed by atoms with Gasteiger partial charge in [-0.25, -0.2) is 4.98 Å². The number of nitrogens with zero attached hydrogens (tertiary/aromatic N) is 3. The number of hydrogen-bond acceptors (Lipinski definition) is 3. The van der Waals surface area contributed by atoms with Crippen LogP contribution in [-0.2, 0) is 0 Å². The summed E-state index contributed by atoms with van der Waals surface area (Å²) in [4.78, 5) is 4.24. The molecule has 0 spiro atoms. The highest BCUT2D eigenvalue weighted by atomic mass is 15.5. The molecule has 1 aromatic heterocycles. The van der Waals surface area contributed by atoms with Gasteiger partial charge in [0.1, 0.15) is 5.82 Å². The van der Waals surface area contributed by atoms with Gasteiger partial charge in [0.05, 0.1) is 0 Å². The van der Waals surface area contributed by atoms with E-state index in [1.807, 2.05) is 49.7 Å². The summed E-state index contributed by atoms with van der Waals surface area (Å²) in [5.74, 6) is 1.13. The number of anilines is 1. The van der Waals surface area contributed by atoms with Gasteiger partial charge in [0, 0.05) is 25.4 Å². The third kappa shape index (κ3) is 3.17. The Morgan fingerprint density at radius 3 is 2.50 bits per heavy atom. The Labute approximate surface area is 108 Å². The highest BCUT2D eigenvalue weighted by Gasteiger charge is 2.02. The number of benzene rings is 1. The van der Waals surface area contributed by atoms with Crippen LogP contribution in [0.1, 0.15) is 18.4 Å². The first-order chi connectivity index (χ1) is 8.77. The first-order valence-corrected chi connectivity index (χ1v) is 6.01. The average Bonchev–Trinajstić information content (AvgIpc) is 2.46. The third-order valence-electron chi connectivity index (χ3n) is 2.77. The van der Waals surface area contributed by atoms with E-state index in [0.717, 1.165) is 5.82 Å². The molecule has 3 heteroatoms. The Hall–Kier alpha value is -2.16. The van der Waals surface area contributed by atoms with E-state index in [4.69, 9.17) is 0 Å². The van der Waals surface area contributed by atoms with E-state index < -0.39 is 0 Å². The minimum absolute atomic E-state index is 0.289. The van der Waals surface area contributed by atoms with Crippen LogP contribution in [0.5, 0.6) is 0 Å². The molecule has 0 fully saturated rings. The van der Waals surface area contributed by atoms with Gasteiger partial charge in [0.25, 0.3) is 0 Å². The van der Waals surface area contributed by atoms with Crippen molar-refractivity contribution >= 4 is 12.0 Å². The molecule has 0 radical (unpaired) electrons. The molecular weight excluding hydrogens is 222 g/mol. The van der Waals surface area contributed by atoms with Gasteiger partial charge < -0.3 is 0 Å². The Morgan fingerprint density at radius 2 is 1.83 bits per heavy atom. The molecule has 1 atom stereocenters. The lowest BCUT2D eigenvalue weighted by Crippen LogP contribution is -2.11. The molecule has 0 saturated carbocycles. The standard InChI is InChI=1S/C15H17N3/c1-13(14-8-4-3-5-9-14)12-17-18(2)15-10-6-7-11-16-15/h3-13H,1-2H3/b17-12+. The zero-order valence-corrected chi connectivity index (χ0v) is 10.7. The van der Waals surface area contributed by atoms with Gasteiger partial charge in [-0.2, -0.15) is 5.10 Å². The van der Waals surface area contributed by atoms with Gasteiger partial charge in [-0.15, -0.1) is 0 Å². The predicted octanol–water partition coefficient (Wildman–Crippen LogP) is 3.31. The molecule has 1 unspecified atom stereocenters. The summed E-state index contributed by atoms with van der Waals surface area (Å²) in [7, 11) is 1.90. The molecule has 0 aliphatic rings. The van der Waals surface area contributed by atoms with Crippen LogP contribution in [0.15, 0.2) is 59.8 Å². The zero-order valence-electron chi connectivity index (χ0n) is 10.7. The number of aromatic nitrogens is 1. The molecular formula is C15H17N3. The van der Waals surface area contributed by atoms with Gasteiger partial charge in [-0.3, -0.25) is 5.01 Å². The summed E-state index contributed by atoms with van der Waals surface area (Å²) in [6.07, 6.45) is 3.70. The van der Waals surface area contributed by atoms with Crippen LogP contribution < -0.4 is 5.01 Å². The second-order valence-corrected chi connectivity index (χ2v) is 4.18. The zero-order chi connectivity index (χ0) is 12.8. The van der Waals surface area contributed by atoms with Crippen molar-refractivity contribution in [3.8, 4) is 0 Å². The van der Waals surface area contributed by atoms with E-state index in [0.29, 0.717) is 0 Å². The van der Waals surface area contributed by atoms with Gasteiger partial charge in [-0.1, -0.05) is 43.3 Å². The van der Waals surface area contributed by atoms with Crippen molar-refractivity contribution in [3.63, 3.8) is 0 Å². The molecule has 0 N–H and O–H groups in total. The minimum atomic E-state index is 0.289. The van der Waals surface area contributed by atoms with Crippen LogP contribution in [0, 0.1) is 0 Å². The lowest BCUT2D eigenvalue weighted by atomic mass is 10.0. The Kier molecular flexibility index (Phi) is 4.07. The maximum Gasteiger partial charge on any atom is 0.148 e. The normalized spacial score (nSPS) is 12.6. The Morgan fingerprint density at radius 1 is 1.11 bits per heavy atom. The van der Waals surface area contributed by atoms with Gasteiger partial charge >= 0.3 is 0 Å². The lowest BCUT2D eigenvalue weighted by molar-refractivity contribution is 0.952. The largest absolute Gasteiger partial charge is 0.251 e. The van der Waals surface area contributed by atoms with Gasteiger partial charge in [0.2, 0.25) is 0 Å². The highest BCUT2D eigenvalue weighted by Crippen LogP contribution is 2.13. The van der Waals surface area contributed by atoms with Crippen LogP contribution in [0.3, 0.4) is 0 Å². The number of hydrazone groups is 1. The van der Waals surface area contributed by atoms with Gasteiger partial charge in [0.15, 0.2) is 0 Å². The Bertz CT molecular complexity index is 446. The molecule has 0 bridgehead atoms. The second kappa shape index (κ2) is 5.96. The van der Waals surface area contributed by atoms with Crippen molar-refractivity contribution < 1.29 is 0 Å². The van der Waals surface area contributed by atoms with E-state index in [2.05, 4.69) is 29.1 Å². The van der Waals surface area contributed by atoms with Crippen molar-refractivity contribution in [2.75, 3.05) is 12.1 Å². The lowest BCUT2D eigenvalue weighted by Gasteiger charge is -2.12. The van der Waals surface area contributed by atoms with E-state index in [9.17, 15) is 0 Å². The molecule has 1 aromatic carbocycles. The SMILES string of the molecule is CC(/C=N/N(C)c1ccccn1)c1ccccc1. The molecule has 2 aromatic rings. The minimum Gasteiger partial charge on any atom is -0.251 e. The maximum absolute atomic E-state index is 4.42. The van der Waals surface area contributed by atoms with Crippen LogP contribution in [0.4, 0.5) is 5.82 Å². The fourth-order valence-corrected chi connectivity index (χ4v) is 1.65. The molecule has 0 amide bonds. The quantitative estimate of drug-likeness (QED) is 0.605. The van der Waals surface area contributed by atoms with Crippen molar-refractivity contribution in [3.05, 3.63) is 60.3 Å². The molecule has 2 rings (SSSR count). The monoisotopic (exact) mass is 239 g/mol. The smallest absolute Gasteiger partial charge is 0.148 e. The van der Waals surface area contributed by atoms with Crippen molar-refractivity contribution in [2.24, 2.45) is 5.10 Å². The van der Waals surface area contributed by atoms with Crippen molar-refractivity contribution in [1.29, 1.82) is 0 Å². The first-order valence-electron chi connectivity index (χ1n) is 6.01. The number of rotatable bonds is 4. The fraction of sp³-hybridized carbons (Fsp3) is 0.200.